The lowest BCUT2D eigenvalue weighted by molar-refractivity contribution is -0.141. The van der Waals surface area contributed by atoms with Crippen LogP contribution in [0.4, 0.5) is 18.8 Å². The maximum Gasteiger partial charge on any atom is 0.407 e. The predicted octanol–water partition coefficient (Wildman–Crippen LogP) is 4.74. The van der Waals surface area contributed by atoms with Gasteiger partial charge in [-0.15, -0.1) is 0 Å². The van der Waals surface area contributed by atoms with Gasteiger partial charge >= 0.3 is 18.3 Å². The first kappa shape index (κ1) is 37.5. The van der Waals surface area contributed by atoms with Crippen molar-refractivity contribution in [3.63, 3.8) is 0 Å². The molecule has 0 radical (unpaired) electrons. The largest absolute Gasteiger partial charge is 0.445 e. The minimum absolute atomic E-state index is 0.0369. The molecule has 0 aromatic heterocycles. The number of alkyl carbamates (subject to hydrolysis) is 2. The van der Waals surface area contributed by atoms with Crippen molar-refractivity contribution in [2.75, 3.05) is 26.2 Å². The summed E-state index contributed by atoms with van der Waals surface area (Å²) in [4.78, 5) is 63.8. The summed E-state index contributed by atoms with van der Waals surface area (Å²) in [5.41, 5.74) is 6.59. The van der Waals surface area contributed by atoms with Gasteiger partial charge in [0.05, 0.1) is 6.54 Å². The number of carbonyl (C=O) groups excluding carboxylic acids is 5. The molecule has 0 bridgehead atoms. The smallest absolute Gasteiger partial charge is 0.407 e. The number of nitrogens with zero attached hydrogens (tertiary/aromatic N) is 1. The number of ketones is 1. The van der Waals surface area contributed by atoms with Gasteiger partial charge in [0.1, 0.15) is 18.9 Å². The highest BCUT2D eigenvalue weighted by Gasteiger charge is 2.30. The van der Waals surface area contributed by atoms with Crippen molar-refractivity contribution in [2.45, 2.75) is 77.9 Å². The third kappa shape index (κ3) is 14.4. The molecule has 4 N–H and O–H groups in total. The number of Topliss-reactive ketones (excluding diaryl/α,β-unsaturated/α-hetero) is 1. The molecule has 0 aliphatic carbocycles. The number of halogens is 1. The average Bonchev–Trinajstić information content (AvgIpc) is 3.01. The molecule has 2 atom stereocenters. The molecule has 0 spiro atoms. The molecule has 0 fully saturated rings. The molecular formula is C33H45FN4O8. The molecule has 0 heterocycles. The number of nitrogens with one attached hydrogen (secondary N) is 2. The summed E-state index contributed by atoms with van der Waals surface area (Å²) in [7, 11) is 0. The van der Waals surface area contributed by atoms with Gasteiger partial charge < -0.3 is 35.5 Å². The molecule has 0 unspecified atom stereocenters. The number of carbonyl (C=O) groups is 5. The first-order valence-electron chi connectivity index (χ1n) is 15.1. The summed E-state index contributed by atoms with van der Waals surface area (Å²) in [6.45, 7) is 6.03. The third-order valence-corrected chi connectivity index (χ3v) is 6.73. The van der Waals surface area contributed by atoms with Gasteiger partial charge in [-0.25, -0.2) is 18.8 Å². The fraction of sp³-hybridized carbons (Fsp3) is 0.485. The standard InChI is InChI=1S/C33H45FN4O8/c1-5-25(26-13-9-12-24(18-26)19-34)21-38(17-15-27(39)20-37-31(42)44-22-23-10-7-6-8-11-23)29(40)28(45-30(35)41)14-16-36-32(43)46-33(2,3)4/h6-13,18,25,28H,5,14-17,19-22H2,1-4H3,(H2,35,41)(H,36,43)(H,37,42)/t25-,28+/m1/s1. The number of alkyl halides is 1. The van der Waals surface area contributed by atoms with E-state index in [4.69, 9.17) is 19.9 Å². The molecule has 0 saturated carbocycles. The van der Waals surface area contributed by atoms with Gasteiger partial charge in [0.15, 0.2) is 11.9 Å². The fourth-order valence-electron chi connectivity index (χ4n) is 4.45. The van der Waals surface area contributed by atoms with Crippen LogP contribution in [-0.4, -0.2) is 72.8 Å². The van der Waals surface area contributed by atoms with Crippen molar-refractivity contribution in [3.05, 3.63) is 71.3 Å². The molecule has 0 aliphatic rings. The van der Waals surface area contributed by atoms with E-state index in [1.165, 1.54) is 4.90 Å². The summed E-state index contributed by atoms with van der Waals surface area (Å²) in [6, 6.07) is 16.0. The number of ether oxygens (including phenoxy) is 3. The van der Waals surface area contributed by atoms with Crippen LogP contribution >= 0.6 is 0 Å². The number of hydrogen-bond donors (Lipinski definition) is 3. The number of rotatable bonds is 17. The Bertz CT molecular complexity index is 1300. The second kappa shape index (κ2) is 19.0. The van der Waals surface area contributed by atoms with E-state index < -0.39 is 42.6 Å². The van der Waals surface area contributed by atoms with E-state index in [-0.39, 0.29) is 57.3 Å². The van der Waals surface area contributed by atoms with E-state index in [2.05, 4.69) is 10.6 Å². The number of nitrogens with two attached hydrogens (primary N) is 1. The van der Waals surface area contributed by atoms with Crippen molar-refractivity contribution in [2.24, 2.45) is 5.73 Å². The first-order chi connectivity index (χ1) is 21.8. The van der Waals surface area contributed by atoms with Crippen molar-refractivity contribution in [1.29, 1.82) is 0 Å². The maximum atomic E-state index is 13.8. The lowest BCUT2D eigenvalue weighted by atomic mass is 9.94. The Morgan fingerprint density at radius 1 is 0.957 bits per heavy atom. The van der Waals surface area contributed by atoms with Crippen LogP contribution in [0.1, 0.15) is 69.6 Å². The molecule has 0 aliphatic heterocycles. The van der Waals surface area contributed by atoms with Crippen LogP contribution in [0.15, 0.2) is 54.6 Å². The van der Waals surface area contributed by atoms with Gasteiger partial charge in [-0.1, -0.05) is 61.5 Å². The van der Waals surface area contributed by atoms with Crippen molar-refractivity contribution < 1.29 is 42.6 Å². The Morgan fingerprint density at radius 2 is 1.65 bits per heavy atom. The summed E-state index contributed by atoms with van der Waals surface area (Å²) in [6.07, 6.45) is -3.72. The van der Waals surface area contributed by atoms with Gasteiger partial charge in [-0.2, -0.15) is 0 Å². The highest BCUT2D eigenvalue weighted by molar-refractivity contribution is 5.86. The molecule has 2 aromatic carbocycles. The Hall–Kier alpha value is -4.68. The van der Waals surface area contributed by atoms with E-state index in [0.717, 1.165) is 11.1 Å². The maximum absolute atomic E-state index is 13.8. The molecule has 0 saturated heterocycles. The van der Waals surface area contributed by atoms with Crippen LogP contribution in [-0.2, 0) is 37.1 Å². The van der Waals surface area contributed by atoms with Crippen LogP contribution in [0, 0.1) is 0 Å². The van der Waals surface area contributed by atoms with Gasteiger partial charge in [0.25, 0.3) is 5.91 Å². The first-order valence-corrected chi connectivity index (χ1v) is 15.1. The van der Waals surface area contributed by atoms with Gasteiger partial charge in [0.2, 0.25) is 0 Å². The molecule has 252 valence electrons. The lowest BCUT2D eigenvalue weighted by Crippen LogP contribution is -2.46. The van der Waals surface area contributed by atoms with Crippen LogP contribution in [0.3, 0.4) is 0 Å². The van der Waals surface area contributed by atoms with Gasteiger partial charge in [0, 0.05) is 38.4 Å². The van der Waals surface area contributed by atoms with E-state index >= 15 is 0 Å². The summed E-state index contributed by atoms with van der Waals surface area (Å²) in [5.74, 6) is -1.25. The molecular weight excluding hydrogens is 599 g/mol. The highest BCUT2D eigenvalue weighted by Crippen LogP contribution is 2.23. The number of amides is 4. The third-order valence-electron chi connectivity index (χ3n) is 6.73. The second-order valence-corrected chi connectivity index (χ2v) is 11.6. The Kier molecular flexibility index (Phi) is 15.5. The molecule has 2 rings (SSSR count). The number of benzene rings is 2. The van der Waals surface area contributed by atoms with E-state index in [9.17, 15) is 28.4 Å². The Balaban J connectivity index is 2.13. The quantitative estimate of drug-likeness (QED) is 0.208. The summed E-state index contributed by atoms with van der Waals surface area (Å²) in [5, 5.41) is 4.93. The highest BCUT2D eigenvalue weighted by atomic mass is 19.1. The second-order valence-electron chi connectivity index (χ2n) is 11.6. The van der Waals surface area contributed by atoms with Crippen molar-refractivity contribution in [3.8, 4) is 0 Å². The van der Waals surface area contributed by atoms with Crippen molar-refractivity contribution in [1.82, 2.24) is 15.5 Å². The van der Waals surface area contributed by atoms with Crippen LogP contribution < -0.4 is 16.4 Å². The fourth-order valence-corrected chi connectivity index (χ4v) is 4.45. The zero-order valence-electron chi connectivity index (χ0n) is 26.9. The molecule has 13 heteroatoms. The van der Waals surface area contributed by atoms with Gasteiger partial charge in [-0.05, 0) is 43.9 Å². The minimum Gasteiger partial charge on any atom is -0.445 e. The zero-order valence-corrected chi connectivity index (χ0v) is 26.9. The molecule has 4 amide bonds. The molecule has 46 heavy (non-hydrogen) atoms. The molecule has 12 nitrogen and oxygen atoms in total. The number of hydrogen-bond acceptors (Lipinski definition) is 8. The molecule has 2 aromatic rings. The Labute approximate surface area is 269 Å². The van der Waals surface area contributed by atoms with Crippen LogP contribution in [0.2, 0.25) is 0 Å². The Morgan fingerprint density at radius 3 is 2.28 bits per heavy atom. The van der Waals surface area contributed by atoms with Crippen LogP contribution in [0.5, 0.6) is 0 Å². The summed E-state index contributed by atoms with van der Waals surface area (Å²) >= 11 is 0. The monoisotopic (exact) mass is 644 g/mol. The normalized spacial score (nSPS) is 12.3. The zero-order chi connectivity index (χ0) is 34.1. The van der Waals surface area contributed by atoms with Crippen LogP contribution in [0.25, 0.3) is 0 Å². The predicted molar refractivity (Wildman–Crippen MR) is 168 cm³/mol. The average molecular weight is 645 g/mol. The number of primary amides is 1. The topological polar surface area (TPSA) is 166 Å². The minimum atomic E-state index is -1.37. The lowest BCUT2D eigenvalue weighted by Gasteiger charge is -2.30. The van der Waals surface area contributed by atoms with E-state index in [0.29, 0.717) is 12.0 Å². The summed E-state index contributed by atoms with van der Waals surface area (Å²) < 4.78 is 28.9. The SMILES string of the molecule is CC[C@H](CN(CCC(=O)CNC(=O)OCc1ccccc1)C(=O)[C@H](CCNC(=O)OC(C)(C)C)OC(N)=O)c1cccc(CF)c1. The van der Waals surface area contributed by atoms with E-state index in [1.54, 1.807) is 51.1 Å². The van der Waals surface area contributed by atoms with Gasteiger partial charge in [-0.3, -0.25) is 9.59 Å². The van der Waals surface area contributed by atoms with Crippen molar-refractivity contribution >= 4 is 30.0 Å². The van der Waals surface area contributed by atoms with E-state index in [1.807, 2.05) is 31.2 Å².